The van der Waals surface area contributed by atoms with Gasteiger partial charge in [0.1, 0.15) is 5.75 Å². The van der Waals surface area contributed by atoms with E-state index in [0.717, 1.165) is 38.4 Å². The average Bonchev–Trinajstić information content (AvgIpc) is 2.35. The predicted molar refractivity (Wildman–Crippen MR) is 74.6 cm³/mol. The lowest BCUT2D eigenvalue weighted by Crippen LogP contribution is -2.45. The highest BCUT2D eigenvalue weighted by atomic mass is 16.5. The van der Waals surface area contributed by atoms with Crippen molar-refractivity contribution >= 4 is 0 Å². The van der Waals surface area contributed by atoms with Crippen molar-refractivity contribution in [1.82, 2.24) is 4.90 Å². The second kappa shape index (κ2) is 6.21. The van der Waals surface area contributed by atoms with Gasteiger partial charge in [0.15, 0.2) is 0 Å². The molecule has 1 aromatic carbocycles. The lowest BCUT2D eigenvalue weighted by Gasteiger charge is -2.35. The Hall–Kier alpha value is -1.06. The van der Waals surface area contributed by atoms with Gasteiger partial charge in [-0.3, -0.25) is 4.90 Å². The quantitative estimate of drug-likeness (QED) is 0.888. The van der Waals surface area contributed by atoms with Crippen LogP contribution in [-0.2, 0) is 6.54 Å². The van der Waals surface area contributed by atoms with E-state index in [2.05, 4.69) is 30.0 Å². The summed E-state index contributed by atoms with van der Waals surface area (Å²) in [5.41, 5.74) is 7.37. The Balaban J connectivity index is 1.94. The van der Waals surface area contributed by atoms with Gasteiger partial charge in [-0.1, -0.05) is 19.1 Å². The zero-order chi connectivity index (χ0) is 13.0. The molecular weight excluding hydrogens is 224 g/mol. The Bertz CT molecular complexity index is 381. The van der Waals surface area contributed by atoms with E-state index in [9.17, 15) is 0 Å². The molecule has 1 aliphatic rings. The zero-order valence-electron chi connectivity index (χ0n) is 11.4. The lowest BCUT2D eigenvalue weighted by atomic mass is 9.94. The predicted octanol–water partition coefficient (Wildman–Crippen LogP) is 2.25. The van der Waals surface area contributed by atoms with Crippen LogP contribution in [0, 0.1) is 5.92 Å². The molecule has 0 radical (unpaired) electrons. The molecule has 1 heterocycles. The molecule has 0 bridgehead atoms. The van der Waals surface area contributed by atoms with Crippen molar-refractivity contribution in [2.45, 2.75) is 32.9 Å². The summed E-state index contributed by atoms with van der Waals surface area (Å²) in [7, 11) is 0. The summed E-state index contributed by atoms with van der Waals surface area (Å²) in [4.78, 5) is 2.49. The molecule has 0 aromatic heterocycles. The van der Waals surface area contributed by atoms with Crippen molar-refractivity contribution in [2.75, 3.05) is 19.7 Å². The largest absolute Gasteiger partial charge is 0.494 e. The van der Waals surface area contributed by atoms with E-state index in [0.29, 0.717) is 12.0 Å². The van der Waals surface area contributed by atoms with Crippen LogP contribution in [0.3, 0.4) is 0 Å². The van der Waals surface area contributed by atoms with Crippen LogP contribution in [0.1, 0.15) is 25.8 Å². The standard InChI is InChI=1S/C15H24N2O/c1-3-18-14-6-4-5-13(9-14)11-17-8-7-15(16)12(2)10-17/h4-6,9,12,15H,3,7-8,10-11,16H2,1-2H3. The first kappa shape index (κ1) is 13.4. The Morgan fingerprint density at radius 1 is 1.44 bits per heavy atom. The minimum Gasteiger partial charge on any atom is -0.494 e. The molecule has 2 N–H and O–H groups in total. The fourth-order valence-electron chi connectivity index (χ4n) is 2.55. The summed E-state index contributed by atoms with van der Waals surface area (Å²) in [6.45, 7) is 8.18. The Morgan fingerprint density at radius 3 is 3.00 bits per heavy atom. The molecule has 18 heavy (non-hydrogen) atoms. The third-order valence-electron chi connectivity index (χ3n) is 3.67. The van der Waals surface area contributed by atoms with E-state index in [1.807, 2.05) is 13.0 Å². The number of piperidine rings is 1. The molecule has 1 aromatic rings. The molecule has 3 nitrogen and oxygen atoms in total. The first-order chi connectivity index (χ1) is 8.69. The number of likely N-dealkylation sites (tertiary alicyclic amines) is 1. The molecule has 1 saturated heterocycles. The Labute approximate surface area is 110 Å². The van der Waals surface area contributed by atoms with Gasteiger partial charge in [0, 0.05) is 19.1 Å². The summed E-state index contributed by atoms with van der Waals surface area (Å²) < 4.78 is 5.54. The normalized spacial score (nSPS) is 25.1. The maximum absolute atomic E-state index is 6.05. The molecule has 1 fully saturated rings. The molecule has 2 atom stereocenters. The van der Waals surface area contributed by atoms with Crippen molar-refractivity contribution in [2.24, 2.45) is 11.7 Å². The number of hydrogen-bond donors (Lipinski definition) is 1. The highest BCUT2D eigenvalue weighted by molar-refractivity contribution is 5.28. The number of rotatable bonds is 4. The van der Waals surface area contributed by atoms with Crippen molar-refractivity contribution in [3.05, 3.63) is 29.8 Å². The van der Waals surface area contributed by atoms with Crippen LogP contribution >= 0.6 is 0 Å². The number of hydrogen-bond acceptors (Lipinski definition) is 3. The molecule has 0 aliphatic carbocycles. The molecule has 0 spiro atoms. The molecule has 0 saturated carbocycles. The average molecular weight is 248 g/mol. The number of nitrogens with two attached hydrogens (primary N) is 1. The summed E-state index contributed by atoms with van der Waals surface area (Å²) in [5.74, 6) is 1.56. The molecule has 100 valence electrons. The van der Waals surface area contributed by atoms with Gasteiger partial charge in [-0.05, 0) is 43.5 Å². The number of ether oxygens (including phenoxy) is 1. The Morgan fingerprint density at radius 2 is 2.28 bits per heavy atom. The fraction of sp³-hybridized carbons (Fsp3) is 0.600. The van der Waals surface area contributed by atoms with Crippen LogP contribution in [0.4, 0.5) is 0 Å². The van der Waals surface area contributed by atoms with Crippen LogP contribution < -0.4 is 10.5 Å². The van der Waals surface area contributed by atoms with Gasteiger partial charge >= 0.3 is 0 Å². The minimum absolute atomic E-state index is 0.371. The first-order valence-corrected chi connectivity index (χ1v) is 6.88. The highest BCUT2D eigenvalue weighted by Gasteiger charge is 2.22. The van der Waals surface area contributed by atoms with Crippen LogP contribution in [-0.4, -0.2) is 30.6 Å². The summed E-state index contributed by atoms with van der Waals surface area (Å²) in [5, 5.41) is 0. The van der Waals surface area contributed by atoms with Gasteiger partial charge in [0.2, 0.25) is 0 Å². The van der Waals surface area contributed by atoms with Gasteiger partial charge in [0.25, 0.3) is 0 Å². The SMILES string of the molecule is CCOc1cccc(CN2CCC(N)C(C)C2)c1. The smallest absolute Gasteiger partial charge is 0.119 e. The van der Waals surface area contributed by atoms with E-state index < -0.39 is 0 Å². The molecule has 2 rings (SSSR count). The molecule has 1 aliphatic heterocycles. The molecular formula is C15H24N2O. The van der Waals surface area contributed by atoms with Crippen LogP contribution in [0.2, 0.25) is 0 Å². The Kier molecular flexibility index (Phi) is 4.61. The maximum atomic E-state index is 6.05. The van der Waals surface area contributed by atoms with Crippen molar-refractivity contribution < 1.29 is 4.74 Å². The highest BCUT2D eigenvalue weighted by Crippen LogP contribution is 2.19. The van der Waals surface area contributed by atoms with Crippen LogP contribution in [0.5, 0.6) is 5.75 Å². The van der Waals surface area contributed by atoms with E-state index in [1.54, 1.807) is 0 Å². The maximum Gasteiger partial charge on any atom is 0.119 e. The van der Waals surface area contributed by atoms with Crippen LogP contribution in [0.25, 0.3) is 0 Å². The second-order valence-electron chi connectivity index (χ2n) is 5.25. The van der Waals surface area contributed by atoms with Crippen molar-refractivity contribution in [3.63, 3.8) is 0 Å². The molecule has 2 unspecified atom stereocenters. The van der Waals surface area contributed by atoms with Gasteiger partial charge in [-0.2, -0.15) is 0 Å². The third kappa shape index (κ3) is 3.47. The topological polar surface area (TPSA) is 38.5 Å². The van der Waals surface area contributed by atoms with E-state index in [4.69, 9.17) is 10.5 Å². The monoisotopic (exact) mass is 248 g/mol. The van der Waals surface area contributed by atoms with E-state index in [-0.39, 0.29) is 0 Å². The summed E-state index contributed by atoms with van der Waals surface area (Å²) in [6, 6.07) is 8.77. The molecule has 3 heteroatoms. The fourth-order valence-corrected chi connectivity index (χ4v) is 2.55. The van der Waals surface area contributed by atoms with Gasteiger partial charge in [0.05, 0.1) is 6.61 Å². The van der Waals surface area contributed by atoms with Crippen LogP contribution in [0.15, 0.2) is 24.3 Å². The van der Waals surface area contributed by atoms with E-state index >= 15 is 0 Å². The van der Waals surface area contributed by atoms with Crippen molar-refractivity contribution in [3.8, 4) is 5.75 Å². The van der Waals surface area contributed by atoms with Gasteiger partial charge in [-0.15, -0.1) is 0 Å². The number of nitrogens with zero attached hydrogens (tertiary/aromatic N) is 1. The third-order valence-corrected chi connectivity index (χ3v) is 3.67. The van der Waals surface area contributed by atoms with E-state index in [1.165, 1.54) is 5.56 Å². The summed E-state index contributed by atoms with van der Waals surface area (Å²) in [6.07, 6.45) is 1.10. The lowest BCUT2D eigenvalue weighted by molar-refractivity contribution is 0.157. The summed E-state index contributed by atoms with van der Waals surface area (Å²) >= 11 is 0. The zero-order valence-corrected chi connectivity index (χ0v) is 11.4. The molecule has 0 amide bonds. The number of benzene rings is 1. The second-order valence-corrected chi connectivity index (χ2v) is 5.25. The van der Waals surface area contributed by atoms with Gasteiger partial charge in [-0.25, -0.2) is 0 Å². The first-order valence-electron chi connectivity index (χ1n) is 6.88. The minimum atomic E-state index is 0.371. The van der Waals surface area contributed by atoms with Crippen molar-refractivity contribution in [1.29, 1.82) is 0 Å². The van der Waals surface area contributed by atoms with Gasteiger partial charge < -0.3 is 10.5 Å².